The molecule has 0 unspecified atom stereocenters. The number of hydrogen-bond acceptors (Lipinski definition) is 4. The van der Waals surface area contributed by atoms with Gasteiger partial charge in [0.1, 0.15) is 0 Å². The van der Waals surface area contributed by atoms with E-state index in [1.165, 1.54) is 0 Å². The minimum atomic E-state index is -0.977. The van der Waals surface area contributed by atoms with E-state index in [1.807, 2.05) is 78.9 Å². The number of benzene rings is 3. The Hall–Kier alpha value is -3.54. The van der Waals surface area contributed by atoms with Gasteiger partial charge in [-0.15, -0.1) is 0 Å². The highest BCUT2D eigenvalue weighted by Crippen LogP contribution is 2.31. The maximum Gasteiger partial charge on any atom is 0.336 e. The van der Waals surface area contributed by atoms with E-state index in [-0.39, 0.29) is 12.2 Å². The summed E-state index contributed by atoms with van der Waals surface area (Å²) in [6.45, 7) is 1.37. The Morgan fingerprint density at radius 1 is 0.839 bits per heavy atom. The quantitative estimate of drug-likeness (QED) is 0.443. The molecule has 156 valence electrons. The van der Waals surface area contributed by atoms with Crippen LogP contribution >= 0.6 is 0 Å². The fourth-order valence-corrected chi connectivity index (χ4v) is 3.91. The van der Waals surface area contributed by atoms with Gasteiger partial charge in [-0.05, 0) is 11.6 Å². The Morgan fingerprint density at radius 2 is 1.48 bits per heavy atom. The van der Waals surface area contributed by atoms with Crippen molar-refractivity contribution >= 4 is 16.9 Å². The number of fused-ring (bicyclic) bond motifs is 1. The van der Waals surface area contributed by atoms with Crippen molar-refractivity contribution in [3.63, 3.8) is 0 Å². The molecule has 0 saturated carbocycles. The Balaban J connectivity index is 1.87. The maximum atomic E-state index is 12.4. The summed E-state index contributed by atoms with van der Waals surface area (Å²) in [5, 5.41) is 20.4. The van der Waals surface area contributed by atoms with Crippen LogP contribution in [0.4, 0.5) is 0 Å². The molecule has 0 fully saturated rings. The van der Waals surface area contributed by atoms with Crippen molar-refractivity contribution in [2.24, 2.45) is 0 Å². The number of para-hydroxylation sites is 1. The minimum Gasteiger partial charge on any atom is -0.478 e. The number of aliphatic hydroxyl groups excluding tert-OH is 1. The predicted molar refractivity (Wildman–Crippen MR) is 122 cm³/mol. The molecule has 31 heavy (non-hydrogen) atoms. The highest BCUT2D eigenvalue weighted by Gasteiger charge is 2.23. The highest BCUT2D eigenvalue weighted by molar-refractivity contribution is 6.05. The van der Waals surface area contributed by atoms with Crippen LogP contribution < -0.4 is 0 Å². The number of pyridine rings is 1. The van der Waals surface area contributed by atoms with Crippen LogP contribution in [-0.4, -0.2) is 39.2 Å². The fraction of sp³-hybridized carbons (Fsp3) is 0.154. The molecule has 4 rings (SSSR count). The Morgan fingerprint density at radius 3 is 2.16 bits per heavy atom. The first-order valence-corrected chi connectivity index (χ1v) is 10.2. The van der Waals surface area contributed by atoms with Crippen molar-refractivity contribution in [1.82, 2.24) is 9.88 Å². The first-order valence-electron chi connectivity index (χ1n) is 10.2. The van der Waals surface area contributed by atoms with Crippen LogP contribution in [0.1, 0.15) is 21.5 Å². The van der Waals surface area contributed by atoms with Crippen molar-refractivity contribution in [3.05, 3.63) is 102 Å². The van der Waals surface area contributed by atoms with Gasteiger partial charge in [-0.25, -0.2) is 9.78 Å². The molecule has 2 N–H and O–H groups in total. The molecule has 3 aromatic carbocycles. The van der Waals surface area contributed by atoms with Gasteiger partial charge in [0, 0.05) is 36.1 Å². The van der Waals surface area contributed by atoms with E-state index in [0.29, 0.717) is 41.8 Å². The third-order valence-corrected chi connectivity index (χ3v) is 5.30. The van der Waals surface area contributed by atoms with Crippen LogP contribution in [0.2, 0.25) is 0 Å². The lowest BCUT2D eigenvalue weighted by atomic mass is 9.96. The molecule has 1 aromatic heterocycles. The second kappa shape index (κ2) is 9.51. The van der Waals surface area contributed by atoms with E-state index in [2.05, 4.69) is 4.90 Å². The number of rotatable bonds is 8. The van der Waals surface area contributed by atoms with E-state index < -0.39 is 5.97 Å². The lowest BCUT2D eigenvalue weighted by Crippen LogP contribution is -2.27. The van der Waals surface area contributed by atoms with Gasteiger partial charge in [0.25, 0.3) is 0 Å². The van der Waals surface area contributed by atoms with Crippen molar-refractivity contribution in [2.75, 3.05) is 13.2 Å². The molecule has 0 spiro atoms. The predicted octanol–water partition coefficient (Wildman–Crippen LogP) is 4.59. The Labute approximate surface area is 181 Å². The van der Waals surface area contributed by atoms with Crippen molar-refractivity contribution < 1.29 is 15.0 Å². The molecule has 0 amide bonds. The van der Waals surface area contributed by atoms with Gasteiger partial charge in [0.2, 0.25) is 0 Å². The second-order valence-electron chi connectivity index (χ2n) is 7.42. The summed E-state index contributed by atoms with van der Waals surface area (Å²) in [5.74, 6) is -0.977. The van der Waals surface area contributed by atoms with E-state index in [4.69, 9.17) is 4.98 Å². The number of hydrogen-bond donors (Lipinski definition) is 2. The zero-order valence-corrected chi connectivity index (χ0v) is 17.1. The zero-order chi connectivity index (χ0) is 21.6. The monoisotopic (exact) mass is 412 g/mol. The summed E-state index contributed by atoms with van der Waals surface area (Å²) in [6, 6.07) is 27.0. The van der Waals surface area contributed by atoms with Crippen molar-refractivity contribution in [2.45, 2.75) is 13.1 Å². The topological polar surface area (TPSA) is 73.7 Å². The molecule has 0 aliphatic carbocycles. The van der Waals surface area contributed by atoms with Gasteiger partial charge < -0.3 is 10.2 Å². The number of nitrogens with zero attached hydrogens (tertiary/aromatic N) is 2. The first-order chi connectivity index (χ1) is 15.2. The molecular formula is C26H24N2O3. The molecule has 0 radical (unpaired) electrons. The largest absolute Gasteiger partial charge is 0.478 e. The van der Waals surface area contributed by atoms with Crippen LogP contribution in [0.5, 0.6) is 0 Å². The van der Waals surface area contributed by atoms with Gasteiger partial charge in [-0.2, -0.15) is 0 Å². The van der Waals surface area contributed by atoms with Crippen LogP contribution in [0.15, 0.2) is 84.9 Å². The lowest BCUT2D eigenvalue weighted by molar-refractivity contribution is 0.0696. The highest BCUT2D eigenvalue weighted by atomic mass is 16.4. The maximum absolute atomic E-state index is 12.4. The number of carboxylic acids is 1. The average molecular weight is 412 g/mol. The van der Waals surface area contributed by atoms with Gasteiger partial charge in [0.05, 0.1) is 23.4 Å². The summed E-state index contributed by atoms with van der Waals surface area (Å²) in [4.78, 5) is 19.3. The summed E-state index contributed by atoms with van der Waals surface area (Å²) in [7, 11) is 0. The van der Waals surface area contributed by atoms with Crippen molar-refractivity contribution in [1.29, 1.82) is 0 Å². The molecule has 0 bridgehead atoms. The first kappa shape index (κ1) is 20.7. The molecule has 5 nitrogen and oxygen atoms in total. The number of aromatic carboxylic acids is 1. The van der Waals surface area contributed by atoms with E-state index in [1.54, 1.807) is 6.07 Å². The van der Waals surface area contributed by atoms with Gasteiger partial charge in [-0.3, -0.25) is 4.90 Å². The second-order valence-corrected chi connectivity index (χ2v) is 7.42. The molecular weight excluding hydrogens is 388 g/mol. The standard InChI is InChI=1S/C26H24N2O3/c29-16-15-28(17-19-9-3-1-4-10-19)18-22-24(26(30)31)21-13-7-8-14-23(21)27-25(22)20-11-5-2-6-12-20/h1-14,29H,15-18H2,(H,30,31). The van der Waals surface area contributed by atoms with Crippen LogP contribution in [-0.2, 0) is 13.1 Å². The molecule has 0 aliphatic rings. The van der Waals surface area contributed by atoms with E-state index >= 15 is 0 Å². The number of aliphatic hydroxyl groups is 1. The summed E-state index contributed by atoms with van der Waals surface area (Å²) < 4.78 is 0. The van der Waals surface area contributed by atoms with Crippen molar-refractivity contribution in [3.8, 4) is 11.3 Å². The number of aromatic nitrogens is 1. The minimum absolute atomic E-state index is 0.0169. The molecule has 0 saturated heterocycles. The number of carboxylic acid groups (broad SMARTS) is 1. The molecule has 4 aromatic rings. The fourth-order valence-electron chi connectivity index (χ4n) is 3.91. The summed E-state index contributed by atoms with van der Waals surface area (Å²) >= 11 is 0. The number of carbonyl (C=O) groups is 1. The third-order valence-electron chi connectivity index (χ3n) is 5.30. The average Bonchev–Trinajstić information content (AvgIpc) is 2.79. The van der Waals surface area contributed by atoms with E-state index in [0.717, 1.165) is 11.1 Å². The third kappa shape index (κ3) is 4.63. The van der Waals surface area contributed by atoms with Crippen LogP contribution in [0.25, 0.3) is 22.2 Å². The van der Waals surface area contributed by atoms with Gasteiger partial charge >= 0.3 is 5.97 Å². The van der Waals surface area contributed by atoms with Crippen LogP contribution in [0, 0.1) is 0 Å². The van der Waals surface area contributed by atoms with Gasteiger partial charge in [-0.1, -0.05) is 78.9 Å². The molecule has 0 aliphatic heterocycles. The molecule has 1 heterocycles. The molecule has 0 atom stereocenters. The van der Waals surface area contributed by atoms with Gasteiger partial charge in [0.15, 0.2) is 0 Å². The Bertz CT molecular complexity index is 1180. The smallest absolute Gasteiger partial charge is 0.336 e. The van der Waals surface area contributed by atoms with E-state index in [9.17, 15) is 15.0 Å². The molecule has 5 heteroatoms. The Kier molecular flexibility index (Phi) is 6.36. The SMILES string of the molecule is O=C(O)c1c(CN(CCO)Cc2ccccc2)c(-c2ccccc2)nc2ccccc12. The lowest BCUT2D eigenvalue weighted by Gasteiger charge is -2.24. The summed E-state index contributed by atoms with van der Waals surface area (Å²) in [5.41, 5.74) is 4.20. The van der Waals surface area contributed by atoms with Crippen LogP contribution in [0.3, 0.4) is 0 Å². The summed E-state index contributed by atoms with van der Waals surface area (Å²) in [6.07, 6.45) is 0. The zero-order valence-electron chi connectivity index (χ0n) is 17.1. The normalized spacial score (nSPS) is 11.2.